The van der Waals surface area contributed by atoms with Crippen molar-refractivity contribution in [1.29, 1.82) is 0 Å². The van der Waals surface area contributed by atoms with Gasteiger partial charge in [-0.05, 0) is 25.1 Å². The molecule has 0 unspecified atom stereocenters. The van der Waals surface area contributed by atoms with Gasteiger partial charge in [-0.15, -0.1) is 5.10 Å². The SMILES string of the molecule is CCOC(=O)/C(=N\Nc1cc(Cl)ccc1Cl)NC(C)=O. The Hall–Kier alpha value is -1.79. The lowest BCUT2D eigenvalue weighted by Crippen LogP contribution is -2.36. The molecule has 2 N–H and O–H groups in total. The summed E-state index contributed by atoms with van der Waals surface area (Å²) in [6, 6.07) is 4.72. The van der Waals surface area contributed by atoms with Gasteiger partial charge >= 0.3 is 5.97 Å². The van der Waals surface area contributed by atoms with Crippen molar-refractivity contribution in [2.45, 2.75) is 13.8 Å². The Labute approximate surface area is 126 Å². The van der Waals surface area contributed by atoms with Crippen LogP contribution in [0.2, 0.25) is 10.0 Å². The number of esters is 1. The maximum atomic E-state index is 11.6. The van der Waals surface area contributed by atoms with E-state index in [0.717, 1.165) is 0 Å². The molecule has 0 fully saturated rings. The van der Waals surface area contributed by atoms with Crippen LogP contribution < -0.4 is 10.7 Å². The van der Waals surface area contributed by atoms with Crippen molar-refractivity contribution >= 4 is 46.6 Å². The van der Waals surface area contributed by atoms with Crippen LogP contribution in [0.1, 0.15) is 13.8 Å². The highest BCUT2D eigenvalue weighted by atomic mass is 35.5. The number of amides is 1. The highest BCUT2D eigenvalue weighted by molar-refractivity contribution is 6.38. The molecule has 0 aliphatic carbocycles. The summed E-state index contributed by atoms with van der Waals surface area (Å²) < 4.78 is 4.76. The zero-order valence-corrected chi connectivity index (χ0v) is 12.4. The number of hydrogen-bond donors (Lipinski definition) is 2. The number of carbonyl (C=O) groups excluding carboxylic acids is 2. The lowest BCUT2D eigenvalue weighted by Gasteiger charge is -2.08. The molecule has 1 rings (SSSR count). The van der Waals surface area contributed by atoms with Crippen molar-refractivity contribution < 1.29 is 14.3 Å². The Kier molecular flexibility index (Phi) is 6.27. The van der Waals surface area contributed by atoms with Crippen molar-refractivity contribution in [2.75, 3.05) is 12.0 Å². The number of hydrazone groups is 1. The molecular formula is C12H13Cl2N3O3. The minimum atomic E-state index is -0.756. The van der Waals surface area contributed by atoms with Crippen LogP contribution >= 0.6 is 23.2 Å². The van der Waals surface area contributed by atoms with Gasteiger partial charge < -0.3 is 10.1 Å². The van der Waals surface area contributed by atoms with Gasteiger partial charge in [0.2, 0.25) is 11.7 Å². The number of nitrogens with zero attached hydrogens (tertiary/aromatic N) is 1. The second-order valence-corrected chi connectivity index (χ2v) is 4.44. The van der Waals surface area contributed by atoms with Gasteiger partial charge in [0.15, 0.2) is 0 Å². The second-order valence-electron chi connectivity index (χ2n) is 3.60. The highest BCUT2D eigenvalue weighted by Crippen LogP contribution is 2.25. The molecule has 0 aliphatic rings. The molecule has 0 heterocycles. The molecule has 6 nitrogen and oxygen atoms in total. The Morgan fingerprint density at radius 3 is 2.65 bits per heavy atom. The number of nitrogens with one attached hydrogen (secondary N) is 2. The van der Waals surface area contributed by atoms with Crippen LogP contribution in [0.4, 0.5) is 5.69 Å². The number of hydrogen-bond acceptors (Lipinski definition) is 5. The number of halogens is 2. The van der Waals surface area contributed by atoms with Crippen molar-refractivity contribution in [1.82, 2.24) is 5.32 Å². The molecule has 20 heavy (non-hydrogen) atoms. The van der Waals surface area contributed by atoms with Crippen LogP contribution in [0.3, 0.4) is 0 Å². The van der Waals surface area contributed by atoms with Crippen LogP contribution in [0.5, 0.6) is 0 Å². The maximum Gasteiger partial charge on any atom is 0.376 e. The first kappa shape index (κ1) is 16.3. The normalized spacial score (nSPS) is 10.9. The lowest BCUT2D eigenvalue weighted by molar-refractivity contribution is -0.136. The summed E-state index contributed by atoms with van der Waals surface area (Å²) in [6.45, 7) is 3.06. The third-order valence-corrected chi connectivity index (χ3v) is 2.54. The molecule has 0 spiro atoms. The molecule has 0 radical (unpaired) electrons. The van der Waals surface area contributed by atoms with Crippen molar-refractivity contribution in [3.05, 3.63) is 28.2 Å². The summed E-state index contributed by atoms with van der Waals surface area (Å²) in [5, 5.41) is 6.85. The summed E-state index contributed by atoms with van der Waals surface area (Å²) in [6.07, 6.45) is 0. The van der Waals surface area contributed by atoms with E-state index in [4.69, 9.17) is 27.9 Å². The number of carbonyl (C=O) groups is 2. The fraction of sp³-hybridized carbons (Fsp3) is 0.250. The molecule has 0 saturated heterocycles. The van der Waals surface area contributed by atoms with Gasteiger partial charge in [0.25, 0.3) is 0 Å². The van der Waals surface area contributed by atoms with Gasteiger partial charge in [-0.1, -0.05) is 23.2 Å². The van der Waals surface area contributed by atoms with E-state index in [0.29, 0.717) is 15.7 Å². The van der Waals surface area contributed by atoms with Gasteiger partial charge in [0, 0.05) is 11.9 Å². The number of amidine groups is 1. The largest absolute Gasteiger partial charge is 0.460 e. The van der Waals surface area contributed by atoms with Crippen molar-refractivity contribution in [3.8, 4) is 0 Å². The van der Waals surface area contributed by atoms with Gasteiger partial charge in [0.05, 0.1) is 17.3 Å². The molecule has 1 aromatic carbocycles. The van der Waals surface area contributed by atoms with Gasteiger partial charge in [-0.2, -0.15) is 0 Å². The third-order valence-electron chi connectivity index (χ3n) is 1.98. The van der Waals surface area contributed by atoms with Gasteiger partial charge in [-0.3, -0.25) is 10.2 Å². The summed E-state index contributed by atoms with van der Waals surface area (Å²) >= 11 is 11.8. The highest BCUT2D eigenvalue weighted by Gasteiger charge is 2.14. The molecular weight excluding hydrogens is 305 g/mol. The quantitative estimate of drug-likeness (QED) is 0.388. The smallest absolute Gasteiger partial charge is 0.376 e. The molecule has 8 heteroatoms. The second kappa shape index (κ2) is 7.72. The molecule has 0 atom stereocenters. The fourth-order valence-electron chi connectivity index (χ4n) is 1.19. The fourth-order valence-corrected chi connectivity index (χ4v) is 1.52. The van der Waals surface area contributed by atoms with E-state index in [1.54, 1.807) is 19.1 Å². The van der Waals surface area contributed by atoms with E-state index in [1.165, 1.54) is 13.0 Å². The number of anilines is 1. The van der Waals surface area contributed by atoms with Crippen LogP contribution in [0, 0.1) is 0 Å². The Bertz CT molecular complexity index is 547. The van der Waals surface area contributed by atoms with E-state index in [9.17, 15) is 9.59 Å². The zero-order chi connectivity index (χ0) is 15.1. The minimum Gasteiger partial charge on any atom is -0.460 e. The van der Waals surface area contributed by atoms with Crippen LogP contribution in [-0.2, 0) is 14.3 Å². The summed E-state index contributed by atoms with van der Waals surface area (Å²) in [5.74, 6) is -1.47. The van der Waals surface area contributed by atoms with E-state index >= 15 is 0 Å². The van der Waals surface area contributed by atoms with Crippen molar-refractivity contribution in [3.63, 3.8) is 0 Å². The summed E-state index contributed by atoms with van der Waals surface area (Å²) in [7, 11) is 0. The Balaban J connectivity index is 2.92. The predicted molar refractivity (Wildman–Crippen MR) is 78.0 cm³/mol. The topological polar surface area (TPSA) is 79.8 Å². The Morgan fingerprint density at radius 1 is 1.35 bits per heavy atom. The first-order chi connectivity index (χ1) is 9.43. The zero-order valence-electron chi connectivity index (χ0n) is 10.9. The molecule has 1 amide bonds. The maximum absolute atomic E-state index is 11.6. The standard InChI is InChI=1S/C12H13Cl2N3O3/c1-3-20-12(19)11(15-7(2)18)17-16-10-6-8(13)4-5-9(10)14/h4-6,16H,3H2,1-2H3,(H,15,17,18). The van der Waals surface area contributed by atoms with E-state index in [1.807, 2.05) is 0 Å². The predicted octanol–water partition coefficient (Wildman–Crippen LogP) is 2.42. The number of rotatable bonds is 3. The monoisotopic (exact) mass is 317 g/mol. The third kappa shape index (κ3) is 5.07. The van der Waals surface area contributed by atoms with Gasteiger partial charge in [-0.25, -0.2) is 4.79 Å². The first-order valence-corrected chi connectivity index (χ1v) is 6.43. The van der Waals surface area contributed by atoms with Gasteiger partial charge in [0.1, 0.15) is 0 Å². The van der Waals surface area contributed by atoms with E-state index < -0.39 is 11.9 Å². The summed E-state index contributed by atoms with van der Waals surface area (Å²) in [5.41, 5.74) is 2.95. The molecule has 0 bridgehead atoms. The number of ether oxygens (including phenoxy) is 1. The minimum absolute atomic E-state index is 0.162. The van der Waals surface area contributed by atoms with Crippen LogP contribution in [0.25, 0.3) is 0 Å². The van der Waals surface area contributed by atoms with E-state index in [2.05, 4.69) is 15.8 Å². The average molecular weight is 318 g/mol. The molecule has 0 aliphatic heterocycles. The molecule has 0 saturated carbocycles. The summed E-state index contributed by atoms with van der Waals surface area (Å²) in [4.78, 5) is 22.6. The van der Waals surface area contributed by atoms with Crippen LogP contribution in [0.15, 0.2) is 23.3 Å². The lowest BCUT2D eigenvalue weighted by atomic mass is 10.3. The Morgan fingerprint density at radius 2 is 2.05 bits per heavy atom. The van der Waals surface area contributed by atoms with Crippen molar-refractivity contribution in [2.24, 2.45) is 5.10 Å². The first-order valence-electron chi connectivity index (χ1n) is 5.67. The van der Waals surface area contributed by atoms with Crippen LogP contribution in [-0.4, -0.2) is 24.3 Å². The molecule has 1 aromatic rings. The molecule has 0 aromatic heterocycles. The average Bonchev–Trinajstić information content (AvgIpc) is 2.38. The molecule has 108 valence electrons. The van der Waals surface area contributed by atoms with E-state index in [-0.39, 0.29) is 12.4 Å². The number of benzene rings is 1.